The Hall–Kier alpha value is -2.06. The molecule has 0 bridgehead atoms. The maximum Gasteiger partial charge on any atom is 0.0457 e. The number of aromatic nitrogens is 1. The van der Waals surface area contributed by atoms with E-state index in [2.05, 4.69) is 87.0 Å². The fourth-order valence-corrected chi connectivity index (χ4v) is 3.78. The van der Waals surface area contributed by atoms with Gasteiger partial charge in [-0.15, -0.1) is 21.5 Å². The summed E-state index contributed by atoms with van der Waals surface area (Å²) in [4.78, 5) is 4.32. The van der Waals surface area contributed by atoms with E-state index in [1.165, 1.54) is 22.1 Å². The van der Waals surface area contributed by atoms with E-state index in [1.54, 1.807) is 0 Å². The molecule has 0 aliphatic carbocycles. The van der Waals surface area contributed by atoms with E-state index in [4.69, 9.17) is 0 Å². The van der Waals surface area contributed by atoms with Crippen molar-refractivity contribution in [1.82, 2.24) is 10.3 Å². The minimum absolute atomic E-state index is 0.854. The molecule has 0 aliphatic rings. The molecule has 2 nitrogen and oxygen atoms in total. The van der Waals surface area contributed by atoms with Gasteiger partial charge >= 0.3 is 0 Å². The molecule has 27 heavy (non-hydrogen) atoms. The highest BCUT2D eigenvalue weighted by molar-refractivity contribution is 7.80. The molecule has 0 spiro atoms. The molecule has 0 fully saturated rings. The first-order chi connectivity index (χ1) is 13.2. The van der Waals surface area contributed by atoms with Crippen molar-refractivity contribution in [2.45, 2.75) is 24.2 Å². The van der Waals surface area contributed by atoms with Gasteiger partial charge in [-0.05, 0) is 54.2 Å². The smallest absolute Gasteiger partial charge is 0.0457 e. The zero-order valence-electron chi connectivity index (χ0n) is 15.3. The third kappa shape index (κ3) is 5.23. The lowest BCUT2D eigenvalue weighted by Gasteiger charge is -2.12. The van der Waals surface area contributed by atoms with Crippen LogP contribution in [0.25, 0.3) is 10.9 Å². The topological polar surface area (TPSA) is 27.8 Å². The number of rotatable bonds is 9. The van der Waals surface area contributed by atoms with Gasteiger partial charge in [0.05, 0.1) is 0 Å². The van der Waals surface area contributed by atoms with E-state index in [0.717, 1.165) is 41.6 Å². The standard InChI is InChI=1S/C23H25N2PS/c1-2-3-4-5-8-17-9-6-7-10-20(17)23(26)24-14-13-18-16-25-22-12-11-19(27)15-21(18)22/h2-4,6-7,9-12,15-16,24-27H,1,5,8,13-14H2/b4-3-. The van der Waals surface area contributed by atoms with E-state index in [1.807, 2.05) is 18.2 Å². The van der Waals surface area contributed by atoms with Gasteiger partial charge in [0, 0.05) is 34.0 Å². The van der Waals surface area contributed by atoms with Crippen molar-refractivity contribution in [3.8, 4) is 0 Å². The maximum absolute atomic E-state index is 4.45. The molecule has 2 aromatic carbocycles. The van der Waals surface area contributed by atoms with Gasteiger partial charge in [-0.2, -0.15) is 0 Å². The van der Waals surface area contributed by atoms with Crippen LogP contribution in [0.4, 0.5) is 0 Å². The van der Waals surface area contributed by atoms with Crippen LogP contribution in [0.3, 0.4) is 0 Å². The summed E-state index contributed by atoms with van der Waals surface area (Å²) in [5.74, 6) is 0. The lowest BCUT2D eigenvalue weighted by Crippen LogP contribution is -2.25. The van der Waals surface area contributed by atoms with Crippen LogP contribution in [0.15, 0.2) is 78.4 Å². The zero-order valence-corrected chi connectivity index (χ0v) is 17.2. The Morgan fingerprint density at radius 2 is 2.00 bits per heavy atom. The number of aromatic amines is 1. The van der Waals surface area contributed by atoms with Crippen LogP contribution in [0.5, 0.6) is 0 Å². The van der Waals surface area contributed by atoms with Gasteiger partial charge in [0.25, 0.3) is 0 Å². The van der Waals surface area contributed by atoms with Gasteiger partial charge < -0.3 is 4.98 Å². The molecule has 0 atom stereocenters. The van der Waals surface area contributed by atoms with E-state index < -0.39 is 0 Å². The van der Waals surface area contributed by atoms with E-state index in [-0.39, 0.29) is 0 Å². The Morgan fingerprint density at radius 1 is 1.15 bits per heavy atom. The van der Waals surface area contributed by atoms with Crippen molar-refractivity contribution >= 4 is 37.8 Å². The van der Waals surface area contributed by atoms with Crippen LogP contribution in [0, 0.1) is 0 Å². The molecule has 0 saturated heterocycles. The average Bonchev–Trinajstić information content (AvgIpc) is 3.07. The molecule has 138 valence electrons. The molecule has 0 unspecified atom stereocenters. The number of aryl methyl sites for hydroxylation is 1. The van der Waals surface area contributed by atoms with Gasteiger partial charge in [0.15, 0.2) is 0 Å². The number of H-pyrrole nitrogens is 1. The van der Waals surface area contributed by atoms with Crippen LogP contribution in [-0.2, 0) is 12.8 Å². The Labute approximate surface area is 169 Å². The van der Waals surface area contributed by atoms with Crippen LogP contribution in [-0.4, -0.2) is 16.9 Å². The van der Waals surface area contributed by atoms with Crippen LogP contribution >= 0.6 is 21.5 Å². The number of allylic oxidation sites excluding steroid dienone is 3. The largest absolute Gasteiger partial charge is 0.361 e. The van der Waals surface area contributed by atoms with Crippen molar-refractivity contribution in [3.63, 3.8) is 0 Å². The number of benzene rings is 2. The van der Waals surface area contributed by atoms with Gasteiger partial charge in [-0.25, -0.2) is 0 Å². The number of thiol groups is 1. The summed E-state index contributed by atoms with van der Waals surface area (Å²) in [6.07, 6.45) is 11.0. The second-order valence-corrected chi connectivity index (χ2v) is 7.47. The van der Waals surface area contributed by atoms with Crippen LogP contribution < -0.4 is 5.32 Å². The normalized spacial score (nSPS) is 11.3. The fourth-order valence-electron chi connectivity index (χ4n) is 3.20. The summed E-state index contributed by atoms with van der Waals surface area (Å²) in [5.41, 5.74) is 6.04. The lowest BCUT2D eigenvalue weighted by atomic mass is 10.0. The predicted molar refractivity (Wildman–Crippen MR) is 124 cm³/mol. The SMILES string of the molecule is C=C/C=C\CCc1ccccc1C(=P)NCCc1c[nH]c2ccc(S)cc12. The van der Waals surface area contributed by atoms with Crippen LogP contribution in [0.1, 0.15) is 23.1 Å². The number of fused-ring (bicyclic) bond motifs is 1. The maximum atomic E-state index is 4.45. The van der Waals surface area contributed by atoms with Crippen molar-refractivity contribution < 1.29 is 0 Å². The molecule has 1 heterocycles. The summed E-state index contributed by atoms with van der Waals surface area (Å²) in [5, 5.41) is 4.77. The Morgan fingerprint density at radius 3 is 2.85 bits per heavy atom. The molecule has 0 saturated carbocycles. The molecule has 0 aliphatic heterocycles. The molecular formula is C23H25N2PS. The van der Waals surface area contributed by atoms with E-state index in [0.29, 0.717) is 0 Å². The highest BCUT2D eigenvalue weighted by atomic mass is 32.1. The molecule has 2 N–H and O–H groups in total. The van der Waals surface area contributed by atoms with Gasteiger partial charge in [0.1, 0.15) is 0 Å². The van der Waals surface area contributed by atoms with E-state index in [9.17, 15) is 0 Å². The summed E-state index contributed by atoms with van der Waals surface area (Å²) in [6, 6.07) is 14.7. The summed E-state index contributed by atoms with van der Waals surface area (Å²) in [6.45, 7) is 4.57. The first-order valence-corrected chi connectivity index (χ1v) is 10.1. The van der Waals surface area contributed by atoms with Crippen molar-refractivity contribution in [1.29, 1.82) is 0 Å². The third-order valence-electron chi connectivity index (χ3n) is 4.59. The Bertz CT molecular complexity index is 971. The Kier molecular flexibility index (Phi) is 7.11. The number of nitrogens with one attached hydrogen (secondary N) is 2. The molecule has 3 rings (SSSR count). The van der Waals surface area contributed by atoms with Crippen LogP contribution in [0.2, 0.25) is 0 Å². The highest BCUT2D eigenvalue weighted by Crippen LogP contribution is 2.22. The molecule has 1 aromatic heterocycles. The van der Waals surface area contributed by atoms with Gasteiger partial charge in [-0.1, -0.05) is 49.1 Å². The fraction of sp³-hybridized carbons (Fsp3) is 0.174. The minimum Gasteiger partial charge on any atom is -0.361 e. The third-order valence-corrected chi connectivity index (χ3v) is 5.31. The zero-order chi connectivity index (χ0) is 19.1. The predicted octanol–water partition coefficient (Wildman–Crippen LogP) is 5.58. The first kappa shape index (κ1) is 19.7. The lowest BCUT2D eigenvalue weighted by molar-refractivity contribution is 0.877. The molecular weight excluding hydrogens is 367 g/mol. The van der Waals surface area contributed by atoms with Gasteiger partial charge in [-0.3, -0.25) is 5.32 Å². The Balaban J connectivity index is 1.61. The minimum atomic E-state index is 0.854. The highest BCUT2D eigenvalue weighted by Gasteiger charge is 2.07. The molecule has 3 aromatic rings. The number of hydrogen-bond donors (Lipinski definition) is 3. The summed E-state index contributed by atoms with van der Waals surface area (Å²) < 4.78 is 0. The first-order valence-electron chi connectivity index (χ1n) is 9.16. The summed E-state index contributed by atoms with van der Waals surface area (Å²) in [7, 11) is 3.79. The summed E-state index contributed by atoms with van der Waals surface area (Å²) >= 11 is 4.45. The van der Waals surface area contributed by atoms with Crippen molar-refractivity contribution in [2.75, 3.05) is 6.54 Å². The molecule has 4 heteroatoms. The molecule has 0 radical (unpaired) electrons. The van der Waals surface area contributed by atoms with Crippen molar-refractivity contribution in [3.05, 3.63) is 90.2 Å². The van der Waals surface area contributed by atoms with E-state index >= 15 is 0 Å². The van der Waals surface area contributed by atoms with Crippen molar-refractivity contribution in [2.24, 2.45) is 0 Å². The quantitative estimate of drug-likeness (QED) is 0.247. The number of hydrogen-bond acceptors (Lipinski definition) is 1. The monoisotopic (exact) mass is 392 g/mol. The van der Waals surface area contributed by atoms with Gasteiger partial charge in [0.2, 0.25) is 0 Å². The second-order valence-electron chi connectivity index (χ2n) is 6.46. The molecule has 0 amide bonds. The average molecular weight is 393 g/mol. The second kappa shape index (κ2) is 9.75.